The number of nitrogens with zero attached hydrogens (tertiary/aromatic N) is 1. The number of carbonyl (C=O) groups excluding carboxylic acids is 2. The highest BCUT2D eigenvalue weighted by atomic mass is 31.2. The Morgan fingerprint density at radius 2 is 0.679 bits per heavy atom. The minimum absolute atomic E-state index is 0.0318. The van der Waals surface area contributed by atoms with Gasteiger partial charge in [0.2, 0.25) is 0 Å². The predicted molar refractivity (Wildman–Crippen MR) is 360 cm³/mol. The molecule has 0 saturated heterocycles. The number of unbranched alkanes of at least 4 members (excludes halogenated alkanes) is 37. The highest BCUT2D eigenvalue weighted by molar-refractivity contribution is 7.45. The van der Waals surface area contributed by atoms with Gasteiger partial charge in [-0.3, -0.25) is 14.2 Å². The van der Waals surface area contributed by atoms with Crippen LogP contribution < -0.4 is 4.89 Å². The molecule has 10 heteroatoms. The molecule has 0 saturated carbocycles. The molecular weight excluding hydrogens is 1060 g/mol. The molecule has 0 spiro atoms. The molecule has 0 heterocycles. The van der Waals surface area contributed by atoms with Crippen LogP contribution in [0.4, 0.5) is 0 Å². The van der Waals surface area contributed by atoms with Crippen molar-refractivity contribution in [3.05, 3.63) is 85.1 Å². The van der Waals surface area contributed by atoms with Gasteiger partial charge in [-0.05, 0) is 89.9 Å². The van der Waals surface area contributed by atoms with Crippen LogP contribution in [0.25, 0.3) is 0 Å². The summed E-state index contributed by atoms with van der Waals surface area (Å²) in [5.41, 5.74) is 0. The van der Waals surface area contributed by atoms with Crippen molar-refractivity contribution in [2.24, 2.45) is 0 Å². The lowest BCUT2D eigenvalue weighted by molar-refractivity contribution is -0.870. The first-order valence-corrected chi connectivity index (χ1v) is 36.8. The molecule has 9 nitrogen and oxygen atoms in total. The molecule has 0 radical (unpaired) electrons. The summed E-state index contributed by atoms with van der Waals surface area (Å²) in [5, 5.41) is 0. The first kappa shape index (κ1) is 81.2. The Labute approximate surface area is 520 Å². The summed E-state index contributed by atoms with van der Waals surface area (Å²) in [6.07, 6.45) is 88.1. The zero-order valence-electron chi connectivity index (χ0n) is 55.6. The van der Waals surface area contributed by atoms with Crippen molar-refractivity contribution < 1.29 is 42.1 Å². The number of likely N-dealkylation sites (N-methyl/N-ethyl adjacent to an activating group) is 1. The lowest BCUT2D eigenvalue weighted by atomic mass is 10.0. The average molecular weight is 1200 g/mol. The minimum atomic E-state index is -4.64. The second-order valence-electron chi connectivity index (χ2n) is 24.9. The number of rotatable bonds is 65. The maximum absolute atomic E-state index is 12.9. The smallest absolute Gasteiger partial charge is 0.306 e. The SMILES string of the molecule is CC/C=C\C/C=C\C/C=C\C/C=C\C/C=C\CCCCCCCCCCCCCCCCCCCCCCCCCC(=O)OC(COC(=O)CCCCCCCCCCC/C=C\C/C=C\CCCCCCC)COP(=O)([O-])OCC[N+](C)(C)C. The van der Waals surface area contributed by atoms with Gasteiger partial charge in [0.05, 0.1) is 27.7 Å². The predicted octanol–water partition coefficient (Wildman–Crippen LogP) is 22.3. The Balaban J connectivity index is 3.96. The number of phosphoric acid groups is 1. The molecule has 0 fully saturated rings. The highest BCUT2D eigenvalue weighted by Gasteiger charge is 2.22. The van der Waals surface area contributed by atoms with E-state index in [0.717, 1.165) is 77.0 Å². The van der Waals surface area contributed by atoms with E-state index in [1.165, 1.54) is 212 Å². The molecule has 0 aliphatic heterocycles. The van der Waals surface area contributed by atoms with Gasteiger partial charge in [0.1, 0.15) is 19.8 Å². The van der Waals surface area contributed by atoms with Gasteiger partial charge in [0.25, 0.3) is 7.82 Å². The molecule has 84 heavy (non-hydrogen) atoms. The molecular formula is C74H134NO8P. The van der Waals surface area contributed by atoms with Crippen molar-refractivity contribution in [1.82, 2.24) is 0 Å². The van der Waals surface area contributed by atoms with E-state index >= 15 is 0 Å². The molecule has 0 aromatic carbocycles. The third kappa shape index (κ3) is 68.3. The molecule has 0 amide bonds. The Morgan fingerprint density at radius 3 is 1.01 bits per heavy atom. The number of esters is 2. The molecule has 0 N–H and O–H groups in total. The second kappa shape index (κ2) is 64.7. The lowest BCUT2D eigenvalue weighted by Gasteiger charge is -2.28. The molecule has 0 aromatic heterocycles. The van der Waals surface area contributed by atoms with Gasteiger partial charge in [0, 0.05) is 12.8 Å². The summed E-state index contributed by atoms with van der Waals surface area (Å²) in [5.74, 6) is -0.826. The zero-order chi connectivity index (χ0) is 61.2. The molecule has 0 rings (SSSR count). The number of quaternary nitrogens is 1. The van der Waals surface area contributed by atoms with E-state index in [2.05, 4.69) is 98.9 Å². The van der Waals surface area contributed by atoms with Crippen molar-refractivity contribution in [1.29, 1.82) is 0 Å². The summed E-state index contributed by atoms with van der Waals surface area (Å²) in [6, 6.07) is 0. The van der Waals surface area contributed by atoms with E-state index in [-0.39, 0.29) is 32.0 Å². The maximum Gasteiger partial charge on any atom is 0.306 e. The van der Waals surface area contributed by atoms with E-state index in [1.807, 2.05) is 21.1 Å². The first-order chi connectivity index (χ1) is 41.0. The molecule has 488 valence electrons. The largest absolute Gasteiger partial charge is 0.756 e. The summed E-state index contributed by atoms with van der Waals surface area (Å²) in [6.45, 7) is 4.15. The second-order valence-corrected chi connectivity index (χ2v) is 26.3. The van der Waals surface area contributed by atoms with Crippen molar-refractivity contribution in [3.8, 4) is 0 Å². The van der Waals surface area contributed by atoms with Crippen LogP contribution in [-0.2, 0) is 32.7 Å². The standard InChI is InChI=1S/C74H134NO8P/c1-6-8-10-12-14-16-18-20-22-24-26-28-29-30-31-32-33-34-35-36-37-38-39-40-41-42-43-44-45-47-49-51-53-55-57-59-61-63-65-67-74(77)83-72(71-82-84(78,79)81-69-68-75(3,4)5)70-80-73(76)66-64-62-60-58-56-54-52-50-48-46-27-25-23-21-19-17-15-13-11-9-7-2/h8,10,14,16,19-22,25-28,30-31,72H,6-7,9,11-13,15,17-18,23-24,29,32-71H2,1-5H3/b10-8-,16-14-,21-19-,22-20-,27-25-,28-26-,31-30-. The van der Waals surface area contributed by atoms with Gasteiger partial charge in [-0.1, -0.05) is 304 Å². The van der Waals surface area contributed by atoms with E-state index in [1.54, 1.807) is 0 Å². The van der Waals surface area contributed by atoms with E-state index in [0.29, 0.717) is 17.4 Å². The third-order valence-electron chi connectivity index (χ3n) is 15.4. The van der Waals surface area contributed by atoms with Crippen molar-refractivity contribution in [3.63, 3.8) is 0 Å². The number of allylic oxidation sites excluding steroid dienone is 14. The highest BCUT2D eigenvalue weighted by Crippen LogP contribution is 2.38. The lowest BCUT2D eigenvalue weighted by Crippen LogP contribution is -2.37. The zero-order valence-corrected chi connectivity index (χ0v) is 56.5. The van der Waals surface area contributed by atoms with Crippen molar-refractivity contribution in [2.75, 3.05) is 47.5 Å². The Hall–Kier alpha value is -2.81. The molecule has 0 aliphatic carbocycles. The summed E-state index contributed by atoms with van der Waals surface area (Å²) in [7, 11) is 1.17. The van der Waals surface area contributed by atoms with E-state index in [4.69, 9.17) is 18.5 Å². The van der Waals surface area contributed by atoms with Crippen molar-refractivity contribution >= 4 is 19.8 Å². The summed E-state index contributed by atoms with van der Waals surface area (Å²) in [4.78, 5) is 38.0. The van der Waals surface area contributed by atoms with Crippen LogP contribution in [0.5, 0.6) is 0 Å². The normalized spacial score (nSPS) is 13.6. The van der Waals surface area contributed by atoms with Gasteiger partial charge in [-0.15, -0.1) is 0 Å². The fourth-order valence-corrected chi connectivity index (χ4v) is 10.7. The van der Waals surface area contributed by atoms with Crippen LogP contribution in [0.1, 0.15) is 322 Å². The van der Waals surface area contributed by atoms with E-state index < -0.39 is 26.5 Å². The van der Waals surface area contributed by atoms with Gasteiger partial charge < -0.3 is 27.9 Å². The number of carbonyl (C=O) groups is 2. The fourth-order valence-electron chi connectivity index (χ4n) is 10.0. The third-order valence-corrected chi connectivity index (χ3v) is 16.4. The van der Waals surface area contributed by atoms with Crippen LogP contribution in [0, 0.1) is 0 Å². The van der Waals surface area contributed by atoms with E-state index in [9.17, 15) is 19.0 Å². The van der Waals surface area contributed by atoms with Crippen LogP contribution >= 0.6 is 7.82 Å². The molecule has 0 bridgehead atoms. The van der Waals surface area contributed by atoms with Crippen LogP contribution in [0.15, 0.2) is 85.1 Å². The maximum atomic E-state index is 12.9. The molecule has 0 aromatic rings. The number of ether oxygens (including phenoxy) is 2. The van der Waals surface area contributed by atoms with Crippen LogP contribution in [-0.4, -0.2) is 70.0 Å². The van der Waals surface area contributed by atoms with Gasteiger partial charge >= 0.3 is 11.9 Å². The van der Waals surface area contributed by atoms with Crippen LogP contribution in [0.2, 0.25) is 0 Å². The summed E-state index contributed by atoms with van der Waals surface area (Å²) >= 11 is 0. The quantitative estimate of drug-likeness (QED) is 0.0195. The fraction of sp³-hybridized carbons (Fsp3) is 0.784. The monoisotopic (exact) mass is 1200 g/mol. The summed E-state index contributed by atoms with van der Waals surface area (Å²) < 4.78 is 34.3. The Bertz CT molecular complexity index is 1690. The Kier molecular flexibility index (Phi) is 62.5. The van der Waals surface area contributed by atoms with Gasteiger partial charge in [-0.2, -0.15) is 0 Å². The van der Waals surface area contributed by atoms with Gasteiger partial charge in [-0.25, -0.2) is 0 Å². The Morgan fingerprint density at radius 1 is 0.381 bits per heavy atom. The molecule has 0 aliphatic rings. The molecule has 2 atom stereocenters. The topological polar surface area (TPSA) is 111 Å². The van der Waals surface area contributed by atoms with Crippen LogP contribution in [0.3, 0.4) is 0 Å². The number of hydrogen-bond donors (Lipinski definition) is 0. The number of phosphoric ester groups is 1. The average Bonchev–Trinajstić information content (AvgIpc) is 3.61. The first-order valence-electron chi connectivity index (χ1n) is 35.3. The van der Waals surface area contributed by atoms with Gasteiger partial charge in [0.15, 0.2) is 6.10 Å². The molecule has 2 unspecified atom stereocenters. The number of hydrogen-bond acceptors (Lipinski definition) is 8. The minimum Gasteiger partial charge on any atom is -0.756 e. The van der Waals surface area contributed by atoms with Crippen molar-refractivity contribution in [2.45, 2.75) is 328 Å².